The molecule has 0 heterocycles. The molecule has 1 atom stereocenters. The van der Waals surface area contributed by atoms with Crippen molar-refractivity contribution in [2.45, 2.75) is 66.2 Å². The van der Waals surface area contributed by atoms with E-state index in [1.165, 1.54) is 76.6 Å². The molecule has 0 aromatic heterocycles. The summed E-state index contributed by atoms with van der Waals surface area (Å²) in [4.78, 5) is 1.11. The second-order valence-corrected chi connectivity index (χ2v) is 9.00. The van der Waals surface area contributed by atoms with Crippen molar-refractivity contribution < 1.29 is 0 Å². The zero-order valence-electron chi connectivity index (χ0n) is 17.9. The summed E-state index contributed by atoms with van der Waals surface area (Å²) in [6, 6.07) is 13.7. The Morgan fingerprint density at radius 2 is 1.68 bits per heavy atom. The van der Waals surface area contributed by atoms with Gasteiger partial charge in [0.15, 0.2) is 0 Å². The lowest BCUT2D eigenvalue weighted by Crippen LogP contribution is -2.05. The summed E-state index contributed by atoms with van der Waals surface area (Å²) >= 11 is 4.94. The second kappa shape index (κ2) is 9.18. The molecule has 0 spiro atoms. The van der Waals surface area contributed by atoms with Gasteiger partial charge in [0, 0.05) is 4.91 Å². The highest BCUT2D eigenvalue weighted by atomic mass is 32.1. The number of benzene rings is 2. The summed E-state index contributed by atoms with van der Waals surface area (Å²) in [5.41, 5.74) is 10.9. The maximum absolute atomic E-state index is 4.94. The fourth-order valence-electron chi connectivity index (χ4n) is 4.13. The standard InChI is InChI=1S/C27H34S/c1-18-11-12-23(15-19(18)2)16-20(3)21(4)22(5)27(28)26-14-13-24-9-7-6-8-10-25(24)17-26/h11-15,17,21,28H,3,6-10,16H2,1-2,4-5H3/b27-22-. The van der Waals surface area contributed by atoms with Gasteiger partial charge in [-0.3, -0.25) is 0 Å². The number of fused-ring (bicyclic) bond motifs is 1. The van der Waals surface area contributed by atoms with E-state index in [-0.39, 0.29) is 0 Å². The van der Waals surface area contributed by atoms with Crippen molar-refractivity contribution >= 4 is 17.5 Å². The van der Waals surface area contributed by atoms with E-state index in [9.17, 15) is 0 Å². The summed E-state index contributed by atoms with van der Waals surface area (Å²) < 4.78 is 0. The summed E-state index contributed by atoms with van der Waals surface area (Å²) in [5, 5.41) is 0. The van der Waals surface area contributed by atoms with Crippen molar-refractivity contribution in [1.29, 1.82) is 0 Å². The average molecular weight is 391 g/mol. The van der Waals surface area contributed by atoms with Crippen LogP contribution in [0, 0.1) is 19.8 Å². The maximum Gasteiger partial charge on any atom is 0.0108 e. The molecular formula is C27H34S. The molecule has 0 N–H and O–H groups in total. The molecule has 0 bridgehead atoms. The smallest absolute Gasteiger partial charge is 0.0108 e. The van der Waals surface area contributed by atoms with Gasteiger partial charge in [0.1, 0.15) is 0 Å². The van der Waals surface area contributed by atoms with E-state index >= 15 is 0 Å². The van der Waals surface area contributed by atoms with Crippen LogP contribution in [0.15, 0.2) is 54.1 Å². The highest BCUT2D eigenvalue weighted by Crippen LogP contribution is 2.33. The molecule has 0 amide bonds. The van der Waals surface area contributed by atoms with Crippen molar-refractivity contribution in [3.63, 3.8) is 0 Å². The third-order valence-electron chi connectivity index (χ3n) is 6.51. The van der Waals surface area contributed by atoms with Crippen LogP contribution in [-0.2, 0) is 19.3 Å². The minimum atomic E-state index is 0.313. The fourth-order valence-corrected chi connectivity index (χ4v) is 4.46. The van der Waals surface area contributed by atoms with Crippen LogP contribution < -0.4 is 0 Å². The topological polar surface area (TPSA) is 0 Å². The van der Waals surface area contributed by atoms with Gasteiger partial charge in [0.25, 0.3) is 0 Å². The molecule has 2 aromatic rings. The van der Waals surface area contributed by atoms with E-state index in [2.05, 4.69) is 70.7 Å². The summed E-state index contributed by atoms with van der Waals surface area (Å²) in [7, 11) is 0. The van der Waals surface area contributed by atoms with Gasteiger partial charge in [-0.25, -0.2) is 0 Å². The maximum atomic E-state index is 4.94. The molecule has 1 aliphatic rings. The number of aryl methyl sites for hydroxylation is 4. The van der Waals surface area contributed by atoms with Gasteiger partial charge < -0.3 is 0 Å². The zero-order chi connectivity index (χ0) is 20.3. The van der Waals surface area contributed by atoms with Crippen molar-refractivity contribution in [1.82, 2.24) is 0 Å². The minimum Gasteiger partial charge on any atom is -0.143 e. The van der Waals surface area contributed by atoms with Crippen LogP contribution in [0.1, 0.15) is 66.5 Å². The van der Waals surface area contributed by atoms with E-state index < -0.39 is 0 Å². The first-order chi connectivity index (χ1) is 13.4. The number of hydrogen-bond donors (Lipinski definition) is 1. The Labute approximate surface area is 177 Å². The normalized spacial score (nSPS) is 16.0. The van der Waals surface area contributed by atoms with Gasteiger partial charge in [-0.15, -0.1) is 12.6 Å². The van der Waals surface area contributed by atoms with Crippen LogP contribution >= 0.6 is 12.6 Å². The van der Waals surface area contributed by atoms with Gasteiger partial charge in [-0.1, -0.05) is 67.5 Å². The van der Waals surface area contributed by atoms with Crippen LogP contribution in [0.5, 0.6) is 0 Å². The molecular weight excluding hydrogens is 356 g/mol. The van der Waals surface area contributed by atoms with E-state index in [0.717, 1.165) is 11.3 Å². The van der Waals surface area contributed by atoms with Crippen molar-refractivity contribution in [2.24, 2.45) is 5.92 Å². The van der Waals surface area contributed by atoms with Crippen LogP contribution in [0.4, 0.5) is 0 Å². The van der Waals surface area contributed by atoms with E-state index in [0.29, 0.717) is 5.92 Å². The zero-order valence-corrected chi connectivity index (χ0v) is 18.8. The molecule has 0 radical (unpaired) electrons. The first-order valence-corrected chi connectivity index (χ1v) is 11.1. The fraction of sp³-hybridized carbons (Fsp3) is 0.407. The molecule has 0 fully saturated rings. The molecule has 28 heavy (non-hydrogen) atoms. The SMILES string of the molecule is C=C(Cc1ccc(C)c(C)c1)C(C)/C(C)=C(\S)c1ccc2c(c1)CCCCC2. The first kappa shape index (κ1) is 21.0. The van der Waals surface area contributed by atoms with E-state index in [1.807, 2.05) is 0 Å². The highest BCUT2D eigenvalue weighted by Gasteiger charge is 2.15. The number of thiol groups is 1. The molecule has 0 saturated heterocycles. The predicted octanol–water partition coefficient (Wildman–Crippen LogP) is 7.67. The number of hydrogen-bond acceptors (Lipinski definition) is 1. The first-order valence-electron chi connectivity index (χ1n) is 10.6. The highest BCUT2D eigenvalue weighted by molar-refractivity contribution is 7.90. The van der Waals surface area contributed by atoms with Crippen molar-refractivity contribution in [3.05, 3.63) is 87.5 Å². The molecule has 1 unspecified atom stereocenters. The Morgan fingerprint density at radius 3 is 2.39 bits per heavy atom. The van der Waals surface area contributed by atoms with Crippen LogP contribution in [0.25, 0.3) is 4.91 Å². The molecule has 1 heteroatoms. The molecule has 0 aliphatic heterocycles. The Bertz CT molecular complexity index is 900. The second-order valence-electron chi connectivity index (χ2n) is 8.55. The Morgan fingerprint density at radius 1 is 0.964 bits per heavy atom. The molecule has 3 rings (SSSR count). The summed E-state index contributed by atoms with van der Waals surface area (Å²) in [5.74, 6) is 0.313. The van der Waals surface area contributed by atoms with Gasteiger partial charge in [-0.2, -0.15) is 0 Å². The van der Waals surface area contributed by atoms with Crippen molar-refractivity contribution in [2.75, 3.05) is 0 Å². The molecule has 0 saturated carbocycles. The Hall–Kier alpha value is -1.73. The third kappa shape index (κ3) is 4.81. The van der Waals surface area contributed by atoms with Crippen LogP contribution in [0.2, 0.25) is 0 Å². The van der Waals surface area contributed by atoms with E-state index in [4.69, 9.17) is 12.6 Å². The average Bonchev–Trinajstić information content (AvgIpc) is 2.93. The third-order valence-corrected chi connectivity index (χ3v) is 7.12. The number of allylic oxidation sites excluding steroid dienone is 2. The Kier molecular flexibility index (Phi) is 6.88. The minimum absolute atomic E-state index is 0.313. The van der Waals surface area contributed by atoms with Gasteiger partial charge in [-0.05, 0) is 92.2 Å². The summed E-state index contributed by atoms with van der Waals surface area (Å²) in [6.07, 6.45) is 7.34. The lowest BCUT2D eigenvalue weighted by atomic mass is 9.88. The molecule has 148 valence electrons. The largest absolute Gasteiger partial charge is 0.143 e. The lowest BCUT2D eigenvalue weighted by molar-refractivity contribution is 0.711. The summed E-state index contributed by atoms with van der Waals surface area (Å²) in [6.45, 7) is 13.2. The van der Waals surface area contributed by atoms with Crippen LogP contribution in [0.3, 0.4) is 0 Å². The lowest BCUT2D eigenvalue weighted by Gasteiger charge is -2.19. The monoisotopic (exact) mass is 390 g/mol. The predicted molar refractivity (Wildman–Crippen MR) is 127 cm³/mol. The Balaban J connectivity index is 1.79. The van der Waals surface area contributed by atoms with Crippen LogP contribution in [-0.4, -0.2) is 0 Å². The van der Waals surface area contributed by atoms with E-state index in [1.54, 1.807) is 0 Å². The molecule has 1 aliphatic carbocycles. The van der Waals surface area contributed by atoms with Gasteiger partial charge >= 0.3 is 0 Å². The van der Waals surface area contributed by atoms with Gasteiger partial charge in [0.05, 0.1) is 0 Å². The number of rotatable bonds is 5. The molecule has 2 aromatic carbocycles. The molecule has 0 nitrogen and oxygen atoms in total. The van der Waals surface area contributed by atoms with Gasteiger partial charge in [0.2, 0.25) is 0 Å². The van der Waals surface area contributed by atoms with Crippen molar-refractivity contribution in [3.8, 4) is 0 Å². The quantitative estimate of drug-likeness (QED) is 0.302.